The number of nitrogens with zero attached hydrogens (tertiary/aromatic N) is 2. The van der Waals surface area contributed by atoms with E-state index in [0.29, 0.717) is 18.9 Å². The average Bonchev–Trinajstić information content (AvgIpc) is 2.36. The van der Waals surface area contributed by atoms with Crippen molar-refractivity contribution in [1.29, 1.82) is 0 Å². The minimum Gasteiger partial charge on any atom is -0.369 e. The zero-order valence-electron chi connectivity index (χ0n) is 12.5. The van der Waals surface area contributed by atoms with Crippen molar-refractivity contribution in [1.82, 2.24) is 15.2 Å². The zero-order valence-corrected chi connectivity index (χ0v) is 12.5. The summed E-state index contributed by atoms with van der Waals surface area (Å²) in [5, 5.41) is 5.88. The predicted octanol–water partition coefficient (Wildman–Crippen LogP) is 1.72. The van der Waals surface area contributed by atoms with Crippen molar-refractivity contribution in [3.05, 3.63) is 23.6 Å². The molecule has 20 heavy (non-hydrogen) atoms. The van der Waals surface area contributed by atoms with E-state index in [2.05, 4.69) is 15.6 Å². The number of nitrogens with one attached hydrogen (secondary N) is 2. The summed E-state index contributed by atoms with van der Waals surface area (Å²) in [7, 11) is 3.86. The molecular formula is C14H23FN4O. The molecule has 0 fully saturated rings. The molecule has 1 amide bonds. The zero-order chi connectivity index (χ0) is 15.1. The smallest absolute Gasteiger partial charge is 0.255 e. The molecule has 1 aromatic heterocycles. The summed E-state index contributed by atoms with van der Waals surface area (Å²) in [6, 6.07) is 1.18. The molecule has 1 atom stereocenters. The summed E-state index contributed by atoms with van der Waals surface area (Å²) in [6.07, 6.45) is 2.01. The van der Waals surface area contributed by atoms with Crippen LogP contribution < -0.4 is 10.6 Å². The Kier molecular flexibility index (Phi) is 6.38. The second kappa shape index (κ2) is 7.79. The normalized spacial score (nSPS) is 12.3. The van der Waals surface area contributed by atoms with E-state index in [9.17, 15) is 9.18 Å². The quantitative estimate of drug-likeness (QED) is 0.799. The van der Waals surface area contributed by atoms with Crippen molar-refractivity contribution in [2.75, 3.05) is 32.5 Å². The highest BCUT2D eigenvalue weighted by Crippen LogP contribution is 2.14. The summed E-state index contributed by atoms with van der Waals surface area (Å²) in [5.74, 6) is -0.412. The Labute approximate surface area is 119 Å². The average molecular weight is 282 g/mol. The number of anilines is 1. The number of hydrogen-bond acceptors (Lipinski definition) is 4. The number of carbonyl (C=O) groups excluding carboxylic acids is 1. The number of halogens is 1. The highest BCUT2D eigenvalue weighted by molar-refractivity contribution is 5.98. The number of pyridine rings is 1. The van der Waals surface area contributed by atoms with Gasteiger partial charge in [0, 0.05) is 19.1 Å². The molecule has 0 aliphatic carbocycles. The molecule has 0 aromatic carbocycles. The maximum absolute atomic E-state index is 13.3. The van der Waals surface area contributed by atoms with E-state index in [4.69, 9.17) is 0 Å². The van der Waals surface area contributed by atoms with Gasteiger partial charge in [0.25, 0.3) is 5.91 Å². The summed E-state index contributed by atoms with van der Waals surface area (Å²) in [4.78, 5) is 18.1. The van der Waals surface area contributed by atoms with Gasteiger partial charge in [-0.15, -0.1) is 0 Å². The third-order valence-electron chi connectivity index (χ3n) is 2.66. The Bertz CT molecular complexity index is 451. The van der Waals surface area contributed by atoms with Gasteiger partial charge in [0.2, 0.25) is 0 Å². The number of carbonyl (C=O) groups is 1. The third-order valence-corrected chi connectivity index (χ3v) is 2.66. The van der Waals surface area contributed by atoms with Crippen LogP contribution in [0.5, 0.6) is 0 Å². The van der Waals surface area contributed by atoms with Gasteiger partial charge < -0.3 is 15.5 Å². The van der Waals surface area contributed by atoms with Crippen molar-refractivity contribution in [3.63, 3.8) is 0 Å². The van der Waals surface area contributed by atoms with E-state index in [1.165, 1.54) is 6.07 Å². The van der Waals surface area contributed by atoms with E-state index in [-0.39, 0.29) is 17.5 Å². The molecule has 1 unspecified atom stereocenters. The first-order chi connectivity index (χ1) is 9.43. The summed E-state index contributed by atoms with van der Waals surface area (Å²) in [6.45, 7) is 5.32. The molecule has 0 spiro atoms. The second-order valence-electron chi connectivity index (χ2n) is 5.11. The van der Waals surface area contributed by atoms with E-state index in [0.717, 1.165) is 12.6 Å². The molecule has 0 saturated carbocycles. The van der Waals surface area contributed by atoms with Gasteiger partial charge in [-0.3, -0.25) is 4.79 Å². The monoisotopic (exact) mass is 282 g/mol. The minimum atomic E-state index is -0.516. The Morgan fingerprint density at radius 3 is 2.80 bits per heavy atom. The van der Waals surface area contributed by atoms with Crippen LogP contribution in [-0.2, 0) is 0 Å². The number of likely N-dealkylation sites (N-methyl/N-ethyl adjacent to an activating group) is 1. The molecule has 1 aromatic rings. The number of aromatic nitrogens is 1. The Morgan fingerprint density at radius 2 is 2.20 bits per heavy atom. The van der Waals surface area contributed by atoms with Gasteiger partial charge in [0.15, 0.2) is 0 Å². The first kappa shape index (κ1) is 16.4. The van der Waals surface area contributed by atoms with Crippen LogP contribution in [0.1, 0.15) is 30.6 Å². The van der Waals surface area contributed by atoms with Crippen LogP contribution in [0.15, 0.2) is 12.3 Å². The highest BCUT2D eigenvalue weighted by Gasteiger charge is 2.16. The number of rotatable bonds is 7. The number of amides is 1. The van der Waals surface area contributed by atoms with E-state index < -0.39 is 5.82 Å². The third kappa shape index (κ3) is 5.13. The standard InChI is InChI=1S/C14H23FN4O/c1-5-6-16-13-12(7-11(15)8-17-13)14(20)18-10(2)9-19(3)4/h7-8,10H,5-6,9H2,1-4H3,(H,16,17)(H,18,20). The van der Waals surface area contributed by atoms with Crippen molar-refractivity contribution < 1.29 is 9.18 Å². The van der Waals surface area contributed by atoms with Gasteiger partial charge in [-0.25, -0.2) is 9.37 Å². The fourth-order valence-corrected chi connectivity index (χ4v) is 1.89. The lowest BCUT2D eigenvalue weighted by Crippen LogP contribution is -2.39. The highest BCUT2D eigenvalue weighted by atomic mass is 19.1. The number of hydrogen-bond donors (Lipinski definition) is 2. The van der Waals surface area contributed by atoms with Crippen molar-refractivity contribution in [2.45, 2.75) is 26.3 Å². The Hall–Kier alpha value is -1.69. The van der Waals surface area contributed by atoms with Gasteiger partial charge in [0.05, 0.1) is 11.8 Å². The Morgan fingerprint density at radius 1 is 1.50 bits per heavy atom. The summed E-state index contributed by atoms with van der Waals surface area (Å²) < 4.78 is 13.3. The van der Waals surface area contributed by atoms with Crippen molar-refractivity contribution in [3.8, 4) is 0 Å². The molecule has 0 saturated heterocycles. The molecule has 112 valence electrons. The van der Waals surface area contributed by atoms with E-state index in [1.54, 1.807) is 0 Å². The molecule has 0 aliphatic heterocycles. The lowest BCUT2D eigenvalue weighted by molar-refractivity contribution is 0.0934. The molecule has 0 radical (unpaired) electrons. The first-order valence-corrected chi connectivity index (χ1v) is 6.79. The van der Waals surface area contributed by atoms with E-state index in [1.807, 2.05) is 32.8 Å². The molecule has 2 N–H and O–H groups in total. The molecule has 1 rings (SSSR count). The molecule has 1 heterocycles. The van der Waals surface area contributed by atoms with Gasteiger partial charge >= 0.3 is 0 Å². The molecular weight excluding hydrogens is 259 g/mol. The van der Waals surface area contributed by atoms with Crippen LogP contribution in [0.4, 0.5) is 10.2 Å². The van der Waals surface area contributed by atoms with Crippen LogP contribution in [0, 0.1) is 5.82 Å². The fraction of sp³-hybridized carbons (Fsp3) is 0.571. The fourth-order valence-electron chi connectivity index (χ4n) is 1.89. The summed E-state index contributed by atoms with van der Waals surface area (Å²) in [5.41, 5.74) is 0.240. The van der Waals surface area contributed by atoms with Gasteiger partial charge in [-0.1, -0.05) is 6.92 Å². The van der Waals surface area contributed by atoms with Crippen LogP contribution in [0.2, 0.25) is 0 Å². The molecule has 5 nitrogen and oxygen atoms in total. The molecule has 0 aliphatic rings. The largest absolute Gasteiger partial charge is 0.369 e. The van der Waals surface area contributed by atoms with Gasteiger partial charge in [0.1, 0.15) is 11.6 Å². The minimum absolute atomic E-state index is 0.0280. The maximum Gasteiger partial charge on any atom is 0.255 e. The lowest BCUT2D eigenvalue weighted by Gasteiger charge is -2.19. The lowest BCUT2D eigenvalue weighted by atomic mass is 10.2. The van der Waals surface area contributed by atoms with Crippen molar-refractivity contribution in [2.24, 2.45) is 0 Å². The van der Waals surface area contributed by atoms with Gasteiger partial charge in [-0.2, -0.15) is 0 Å². The van der Waals surface area contributed by atoms with Gasteiger partial charge in [-0.05, 0) is 33.5 Å². The van der Waals surface area contributed by atoms with E-state index >= 15 is 0 Å². The van der Waals surface area contributed by atoms with Crippen LogP contribution in [0.3, 0.4) is 0 Å². The predicted molar refractivity (Wildman–Crippen MR) is 78.5 cm³/mol. The van der Waals surface area contributed by atoms with Crippen LogP contribution >= 0.6 is 0 Å². The topological polar surface area (TPSA) is 57.3 Å². The maximum atomic E-state index is 13.3. The second-order valence-corrected chi connectivity index (χ2v) is 5.11. The van der Waals surface area contributed by atoms with Crippen LogP contribution in [-0.4, -0.2) is 49.0 Å². The summed E-state index contributed by atoms with van der Waals surface area (Å²) >= 11 is 0. The molecule has 6 heteroatoms. The SMILES string of the molecule is CCCNc1ncc(F)cc1C(=O)NC(C)CN(C)C. The van der Waals surface area contributed by atoms with Crippen LogP contribution in [0.25, 0.3) is 0 Å². The first-order valence-electron chi connectivity index (χ1n) is 6.79. The Balaban J connectivity index is 2.82. The van der Waals surface area contributed by atoms with Crippen molar-refractivity contribution >= 4 is 11.7 Å². The molecule has 0 bridgehead atoms.